The van der Waals surface area contributed by atoms with Crippen LogP contribution in [-0.4, -0.2) is 52.5 Å². The largest absolute Gasteiger partial charge is 0.493 e. The van der Waals surface area contributed by atoms with Gasteiger partial charge in [0.2, 0.25) is 6.79 Å². The zero-order valence-corrected chi connectivity index (χ0v) is 15.9. The summed E-state index contributed by atoms with van der Waals surface area (Å²) in [5.41, 5.74) is 1.55. The van der Waals surface area contributed by atoms with E-state index >= 15 is 0 Å². The maximum absolute atomic E-state index is 12.6. The van der Waals surface area contributed by atoms with Crippen LogP contribution in [0, 0.1) is 0 Å². The van der Waals surface area contributed by atoms with Crippen molar-refractivity contribution in [1.29, 1.82) is 0 Å². The second-order valence-electron chi connectivity index (χ2n) is 6.37. The van der Waals surface area contributed by atoms with E-state index in [0.717, 1.165) is 5.56 Å². The molecule has 0 aromatic heterocycles. The summed E-state index contributed by atoms with van der Waals surface area (Å²) in [7, 11) is 7.14. The third-order valence-corrected chi connectivity index (χ3v) is 4.51. The van der Waals surface area contributed by atoms with Gasteiger partial charge >= 0.3 is 0 Å². The number of nitrogens with one attached hydrogen (secondary N) is 1. The highest BCUT2D eigenvalue weighted by atomic mass is 16.7. The number of rotatable bonds is 7. The summed E-state index contributed by atoms with van der Waals surface area (Å²) in [5.74, 6) is 2.41. The first-order chi connectivity index (χ1) is 13.0. The van der Waals surface area contributed by atoms with Crippen molar-refractivity contribution in [2.24, 2.45) is 0 Å². The van der Waals surface area contributed by atoms with Crippen molar-refractivity contribution < 1.29 is 23.7 Å². The second-order valence-corrected chi connectivity index (χ2v) is 6.37. The van der Waals surface area contributed by atoms with Gasteiger partial charge in [-0.25, -0.2) is 0 Å². The lowest BCUT2D eigenvalue weighted by molar-refractivity contribution is 0.0941. The van der Waals surface area contributed by atoms with E-state index in [1.54, 1.807) is 32.4 Å². The van der Waals surface area contributed by atoms with E-state index in [2.05, 4.69) is 5.32 Å². The fraction of sp³-hybridized carbons (Fsp3) is 0.350. The lowest BCUT2D eigenvalue weighted by atomic mass is 10.0. The van der Waals surface area contributed by atoms with E-state index in [1.807, 2.05) is 37.2 Å². The van der Waals surface area contributed by atoms with Crippen molar-refractivity contribution in [3.8, 4) is 23.0 Å². The highest BCUT2D eigenvalue weighted by Gasteiger charge is 2.20. The van der Waals surface area contributed by atoms with Crippen molar-refractivity contribution in [2.75, 3.05) is 41.7 Å². The number of carbonyl (C=O) groups is 1. The maximum Gasteiger partial charge on any atom is 0.251 e. The molecule has 7 heteroatoms. The molecule has 7 nitrogen and oxygen atoms in total. The lowest BCUT2D eigenvalue weighted by Gasteiger charge is -2.26. The van der Waals surface area contributed by atoms with E-state index in [-0.39, 0.29) is 18.7 Å². The number of amides is 1. The van der Waals surface area contributed by atoms with Crippen LogP contribution in [0.2, 0.25) is 0 Å². The van der Waals surface area contributed by atoms with Crippen LogP contribution in [0.4, 0.5) is 0 Å². The number of carbonyl (C=O) groups excluding carboxylic acids is 1. The highest BCUT2D eigenvalue weighted by Crippen LogP contribution is 2.33. The monoisotopic (exact) mass is 372 g/mol. The minimum atomic E-state index is -0.166. The molecule has 0 aliphatic carbocycles. The molecule has 1 aliphatic rings. The first-order valence-electron chi connectivity index (χ1n) is 8.59. The topological polar surface area (TPSA) is 69.3 Å². The average Bonchev–Trinajstić information content (AvgIpc) is 3.15. The Morgan fingerprint density at radius 1 is 1.07 bits per heavy atom. The first-order valence-corrected chi connectivity index (χ1v) is 8.59. The predicted octanol–water partition coefficient (Wildman–Crippen LogP) is 2.47. The van der Waals surface area contributed by atoms with E-state index in [9.17, 15) is 4.79 Å². The molecule has 0 saturated heterocycles. The number of hydrogen-bond acceptors (Lipinski definition) is 6. The third kappa shape index (κ3) is 4.09. The Labute approximate surface area is 158 Å². The van der Waals surface area contributed by atoms with Gasteiger partial charge in [0.05, 0.1) is 20.3 Å². The van der Waals surface area contributed by atoms with Crippen molar-refractivity contribution >= 4 is 5.91 Å². The summed E-state index contributed by atoms with van der Waals surface area (Å²) < 4.78 is 21.3. The van der Waals surface area contributed by atoms with Crippen molar-refractivity contribution in [2.45, 2.75) is 6.04 Å². The molecular formula is C20H24N2O5. The van der Waals surface area contributed by atoms with Gasteiger partial charge in [-0.2, -0.15) is 0 Å². The minimum Gasteiger partial charge on any atom is -0.493 e. The van der Waals surface area contributed by atoms with Crippen LogP contribution in [0.15, 0.2) is 36.4 Å². The Kier molecular flexibility index (Phi) is 5.71. The van der Waals surface area contributed by atoms with Gasteiger partial charge in [0.15, 0.2) is 23.0 Å². The van der Waals surface area contributed by atoms with Crippen LogP contribution in [0.3, 0.4) is 0 Å². The molecule has 1 aliphatic heterocycles. The fourth-order valence-corrected chi connectivity index (χ4v) is 2.99. The molecule has 0 radical (unpaired) electrons. The van der Waals surface area contributed by atoms with E-state index in [0.29, 0.717) is 35.1 Å². The van der Waals surface area contributed by atoms with Crippen LogP contribution in [0.25, 0.3) is 0 Å². The molecule has 1 atom stereocenters. The van der Waals surface area contributed by atoms with E-state index in [4.69, 9.17) is 18.9 Å². The summed E-state index contributed by atoms with van der Waals surface area (Å²) in [6.45, 7) is 0.623. The van der Waals surface area contributed by atoms with E-state index in [1.165, 1.54) is 0 Å². The summed E-state index contributed by atoms with van der Waals surface area (Å²) in [6, 6.07) is 10.9. The molecule has 0 saturated carbocycles. The van der Waals surface area contributed by atoms with Gasteiger partial charge in [-0.3, -0.25) is 4.79 Å². The van der Waals surface area contributed by atoms with Crippen LogP contribution in [0.1, 0.15) is 22.0 Å². The molecule has 3 rings (SSSR count). The van der Waals surface area contributed by atoms with Gasteiger partial charge in [0.1, 0.15) is 0 Å². The zero-order chi connectivity index (χ0) is 19.4. The molecular weight excluding hydrogens is 348 g/mol. The Bertz CT molecular complexity index is 822. The SMILES string of the molecule is COc1ccc(C(CNC(=O)c2ccc3c(c2)OCO3)N(C)C)cc1OC. The fourth-order valence-electron chi connectivity index (χ4n) is 2.99. The average molecular weight is 372 g/mol. The molecule has 2 aromatic rings. The third-order valence-electron chi connectivity index (χ3n) is 4.51. The molecule has 0 bridgehead atoms. The molecule has 2 aromatic carbocycles. The van der Waals surface area contributed by atoms with Gasteiger partial charge in [-0.05, 0) is 50.0 Å². The first kappa shape index (κ1) is 18.8. The lowest BCUT2D eigenvalue weighted by Crippen LogP contribution is -2.34. The molecule has 0 fully saturated rings. The number of methoxy groups -OCH3 is 2. The Morgan fingerprint density at radius 3 is 2.52 bits per heavy atom. The summed E-state index contributed by atoms with van der Waals surface area (Å²) in [6.07, 6.45) is 0. The summed E-state index contributed by atoms with van der Waals surface area (Å²) in [5, 5.41) is 2.99. The number of fused-ring (bicyclic) bond motifs is 1. The number of ether oxygens (including phenoxy) is 4. The van der Waals surface area contributed by atoms with Gasteiger partial charge < -0.3 is 29.2 Å². The zero-order valence-electron chi connectivity index (χ0n) is 15.9. The molecule has 144 valence electrons. The Morgan fingerprint density at radius 2 is 1.81 bits per heavy atom. The van der Waals surface area contributed by atoms with Crippen LogP contribution >= 0.6 is 0 Å². The van der Waals surface area contributed by atoms with Crippen molar-refractivity contribution in [3.05, 3.63) is 47.5 Å². The summed E-state index contributed by atoms with van der Waals surface area (Å²) >= 11 is 0. The molecule has 1 amide bonds. The number of likely N-dealkylation sites (N-methyl/N-ethyl adjacent to an activating group) is 1. The van der Waals surface area contributed by atoms with Gasteiger partial charge in [0.25, 0.3) is 5.91 Å². The summed E-state index contributed by atoms with van der Waals surface area (Å²) in [4.78, 5) is 14.6. The Balaban J connectivity index is 1.72. The minimum absolute atomic E-state index is 0.0252. The van der Waals surface area contributed by atoms with Crippen molar-refractivity contribution in [1.82, 2.24) is 10.2 Å². The maximum atomic E-state index is 12.6. The van der Waals surface area contributed by atoms with Gasteiger partial charge in [0, 0.05) is 12.1 Å². The van der Waals surface area contributed by atoms with E-state index < -0.39 is 0 Å². The molecule has 1 unspecified atom stereocenters. The smallest absolute Gasteiger partial charge is 0.251 e. The number of hydrogen-bond donors (Lipinski definition) is 1. The number of nitrogens with zero attached hydrogens (tertiary/aromatic N) is 1. The molecule has 1 heterocycles. The van der Waals surface area contributed by atoms with Crippen LogP contribution in [0.5, 0.6) is 23.0 Å². The number of benzene rings is 2. The molecule has 27 heavy (non-hydrogen) atoms. The van der Waals surface area contributed by atoms with Crippen molar-refractivity contribution in [3.63, 3.8) is 0 Å². The molecule has 0 spiro atoms. The van der Waals surface area contributed by atoms with Gasteiger partial charge in [-0.15, -0.1) is 0 Å². The Hall–Kier alpha value is -2.93. The normalized spacial score (nSPS) is 13.4. The standard InChI is InChI=1S/C20H24N2O5/c1-22(2)15(13-5-7-16(24-3)18(9-13)25-4)11-21-20(23)14-6-8-17-19(10-14)27-12-26-17/h5-10,15H,11-12H2,1-4H3,(H,21,23). The quantitative estimate of drug-likeness (QED) is 0.805. The molecule has 1 N–H and O–H groups in total. The predicted molar refractivity (Wildman–Crippen MR) is 101 cm³/mol. The second kappa shape index (κ2) is 8.18. The van der Waals surface area contributed by atoms with Crippen LogP contribution in [-0.2, 0) is 0 Å². The highest BCUT2D eigenvalue weighted by molar-refractivity contribution is 5.95. The van der Waals surface area contributed by atoms with Gasteiger partial charge in [-0.1, -0.05) is 6.07 Å². The van der Waals surface area contributed by atoms with Crippen LogP contribution < -0.4 is 24.3 Å².